The predicted octanol–water partition coefficient (Wildman–Crippen LogP) is 39.0. The van der Waals surface area contributed by atoms with E-state index in [0.717, 1.165) is 67.3 Å². The van der Waals surface area contributed by atoms with Gasteiger partial charge in [-0.2, -0.15) is 0 Å². The van der Waals surface area contributed by atoms with Gasteiger partial charge in [-0.1, -0.05) is 279 Å². The van der Waals surface area contributed by atoms with Gasteiger partial charge in [0, 0.05) is 35.5 Å². The van der Waals surface area contributed by atoms with Crippen LogP contribution < -0.4 is 23.7 Å². The minimum absolute atomic E-state index is 0.0299. The van der Waals surface area contributed by atoms with Crippen molar-refractivity contribution < 1.29 is 47.4 Å². The summed E-state index contributed by atoms with van der Waals surface area (Å²) in [5.41, 5.74) is 7.60. The van der Waals surface area contributed by atoms with Crippen LogP contribution in [0.2, 0.25) is 0 Å². The van der Waals surface area contributed by atoms with Crippen molar-refractivity contribution in [3.8, 4) is 28.7 Å². The molecule has 5 aromatic rings. The summed E-state index contributed by atoms with van der Waals surface area (Å²) in [5.74, 6) is 8.16. The fourth-order valence-corrected chi connectivity index (χ4v) is 13.6. The van der Waals surface area contributed by atoms with E-state index in [1.165, 1.54) is 175 Å². The number of rotatable bonds is 30. The molecule has 4 aliphatic carbocycles. The van der Waals surface area contributed by atoms with Crippen LogP contribution in [-0.4, -0.2) is 92.1 Å². The highest BCUT2D eigenvalue weighted by Gasteiger charge is 2.32. The minimum Gasteiger partial charge on any atom is -0.488 e. The van der Waals surface area contributed by atoms with Crippen molar-refractivity contribution in [1.82, 2.24) is 0 Å². The molecule has 762 valence electrons. The average molecular weight is 1830 g/mol. The van der Waals surface area contributed by atoms with E-state index in [4.69, 9.17) is 47.4 Å². The highest BCUT2D eigenvalue weighted by molar-refractivity contribution is 5.34. The molecule has 5 unspecified atom stereocenters. The Labute approximate surface area is 812 Å². The van der Waals surface area contributed by atoms with Crippen LogP contribution in [0.5, 0.6) is 28.7 Å². The molecule has 0 radical (unpaired) electrons. The van der Waals surface area contributed by atoms with Crippen molar-refractivity contribution in [1.29, 1.82) is 0 Å². The zero-order valence-electron chi connectivity index (χ0n) is 95.1. The van der Waals surface area contributed by atoms with Gasteiger partial charge < -0.3 is 47.4 Å². The van der Waals surface area contributed by atoms with Gasteiger partial charge >= 0.3 is 0 Å². The molecular weight excluding hydrogens is 1600 g/mol. The summed E-state index contributed by atoms with van der Waals surface area (Å²) >= 11 is 0. The molecule has 4 fully saturated rings. The van der Waals surface area contributed by atoms with E-state index < -0.39 is 0 Å². The molecule has 10 heteroatoms. The largest absolute Gasteiger partial charge is 0.488 e. The van der Waals surface area contributed by atoms with Crippen LogP contribution in [0.15, 0.2) is 121 Å². The molecule has 5 aromatic carbocycles. The van der Waals surface area contributed by atoms with Crippen LogP contribution in [0, 0.1) is 0 Å². The fourth-order valence-electron chi connectivity index (χ4n) is 13.6. The first kappa shape index (κ1) is 136. The first-order chi connectivity index (χ1) is 61.3. The molecule has 0 N–H and O–H groups in total. The Balaban J connectivity index is -0.000000331. The Hall–Kier alpha value is -5.10. The van der Waals surface area contributed by atoms with Crippen LogP contribution in [0.1, 0.15) is 527 Å². The SMILES string of the molecule is CC.CC.CC.CC.CC.CCC(C)(C)OC.CCC(C)(CC)OC.CCC(C)c1ccc(OC(C)(C)C)cc1.CCC(C)c1ccc(OC(C)(C)CC)cc1.CCC(C)c1ccc(OC(C)(CC)CC)cc1.CCC(C)c1ccc(OC2(C)CCCC2)cc1.CCC(C)c1ccc(OC2(C)CCCCC2)cc1.COC(C)C.COC1(C)CCCC1.COC1(C)CCCCC1. The van der Waals surface area contributed by atoms with Crippen molar-refractivity contribution in [2.75, 3.05) is 35.5 Å². The fraction of sp³-hybridized carbons (Fsp3) is 0.750. The summed E-state index contributed by atoms with van der Waals surface area (Å²) in [7, 11) is 8.85. The molecule has 0 aliphatic heterocycles. The lowest BCUT2D eigenvalue weighted by Gasteiger charge is -2.34. The summed E-state index contributed by atoms with van der Waals surface area (Å²) in [6.07, 6.45) is 35.9. The van der Waals surface area contributed by atoms with E-state index in [0.29, 0.717) is 35.7 Å². The topological polar surface area (TPSA) is 92.3 Å². The van der Waals surface area contributed by atoms with Gasteiger partial charge in [0.2, 0.25) is 0 Å². The lowest BCUT2D eigenvalue weighted by molar-refractivity contribution is -0.0232. The summed E-state index contributed by atoms with van der Waals surface area (Å²) < 4.78 is 55.9. The van der Waals surface area contributed by atoms with Gasteiger partial charge in [-0.05, 0) is 370 Å². The van der Waals surface area contributed by atoms with Gasteiger partial charge in [-0.15, -0.1) is 0 Å². The van der Waals surface area contributed by atoms with Crippen molar-refractivity contribution in [3.63, 3.8) is 0 Å². The first-order valence-corrected chi connectivity index (χ1v) is 53.0. The Bertz CT molecular complexity index is 3160. The van der Waals surface area contributed by atoms with Gasteiger partial charge in [0.15, 0.2) is 0 Å². The van der Waals surface area contributed by atoms with Gasteiger partial charge in [0.05, 0.1) is 28.5 Å². The molecule has 0 aromatic heterocycles. The number of benzene rings is 5. The van der Waals surface area contributed by atoms with E-state index in [2.05, 4.69) is 322 Å². The lowest BCUT2D eigenvalue weighted by atomic mass is 9.86. The lowest BCUT2D eigenvalue weighted by Crippen LogP contribution is -2.34. The van der Waals surface area contributed by atoms with E-state index in [1.54, 1.807) is 21.3 Å². The molecule has 10 nitrogen and oxygen atoms in total. The Morgan fingerprint density at radius 1 is 0.254 bits per heavy atom. The maximum absolute atomic E-state index is 6.21. The maximum Gasteiger partial charge on any atom is 0.120 e. The Morgan fingerprint density at radius 3 is 0.623 bits per heavy atom. The van der Waals surface area contributed by atoms with E-state index >= 15 is 0 Å². The molecule has 130 heavy (non-hydrogen) atoms. The molecule has 4 saturated carbocycles. The van der Waals surface area contributed by atoms with Crippen LogP contribution in [0.4, 0.5) is 0 Å². The zero-order chi connectivity index (χ0) is 101. The van der Waals surface area contributed by atoms with Gasteiger partial charge in [0.1, 0.15) is 56.8 Å². The molecule has 0 bridgehead atoms. The van der Waals surface area contributed by atoms with Crippen molar-refractivity contribution in [3.05, 3.63) is 149 Å². The molecule has 4 aliphatic rings. The van der Waals surface area contributed by atoms with Crippen molar-refractivity contribution >= 4 is 0 Å². The number of hydrogen-bond donors (Lipinski definition) is 0. The standard InChI is InChI=1S/C17H26O.C16H24O.C16H26O.C15H24O.C14H22O.C8H16O.C7H14O.C7H16O.C6H14O.C4H10O.5C2H6/c1-4-14(2)15-8-10-16(11-9-15)18-17(3)12-6-5-7-13-17;1-4-13(2)14-7-9-15(10-8-14)17-16(3)11-5-6-12-16;1-6-13(4)14-9-11-15(12-10-14)17-16(5,7-2)8-3;1-6-12(3)13-8-10-14(11-9-13)16-15(4,5)7-2;1-6-11(2)12-7-9-13(10-8-12)15-14(3,4)5;1-8(9-2)6-4-3-5-7-8;1-7(8-2)5-3-4-6-7;1-5-7(3,6-2)8-4;1-5-6(2,3)7-4;1-4(2)5-3;5*1-2/h8-11,14H,4-7,12-13H2,1-3H3;7-10,13H,4-6,11-12H2,1-3H3;9-13H,6-8H2,1-5H3;8-12H,6-7H2,1-5H3;7-11H,6H2,1-5H3;3-7H2,1-2H3;3-6H2,1-2H3;5-6H2,1-4H3;5H2,1-4H3;4H,1-3H3;5*1-2H3. The van der Waals surface area contributed by atoms with E-state index in [-0.39, 0.29) is 50.4 Å². The Kier molecular flexibility index (Phi) is 80.3. The van der Waals surface area contributed by atoms with E-state index in [1.807, 2.05) is 97.3 Å². The molecule has 0 amide bonds. The monoisotopic (exact) mass is 1820 g/mol. The molecule has 0 heterocycles. The highest BCUT2D eigenvalue weighted by Crippen LogP contribution is 2.38. The third-order valence-electron chi connectivity index (χ3n) is 26.6. The minimum atomic E-state index is -0.113. The Morgan fingerprint density at radius 2 is 0.462 bits per heavy atom. The smallest absolute Gasteiger partial charge is 0.120 e. The van der Waals surface area contributed by atoms with Gasteiger partial charge in [0.25, 0.3) is 0 Å². The quantitative estimate of drug-likeness (QED) is 0.0443. The second-order valence-corrected chi connectivity index (χ2v) is 39.0. The number of ether oxygens (including phenoxy) is 10. The van der Waals surface area contributed by atoms with Crippen molar-refractivity contribution in [2.45, 2.75) is 556 Å². The van der Waals surface area contributed by atoms with Crippen molar-refractivity contribution in [2.24, 2.45) is 0 Å². The number of hydrogen-bond acceptors (Lipinski definition) is 10. The summed E-state index contributed by atoms with van der Waals surface area (Å²) in [4.78, 5) is 0. The molecule has 9 rings (SSSR count). The van der Waals surface area contributed by atoms with Crippen LogP contribution in [0.3, 0.4) is 0 Å². The second kappa shape index (κ2) is 77.0. The second-order valence-electron chi connectivity index (χ2n) is 39.0. The van der Waals surface area contributed by atoms with Gasteiger partial charge in [-0.3, -0.25) is 0 Å². The summed E-state index contributed by atoms with van der Waals surface area (Å²) in [6.45, 7) is 87.1. The molecule has 0 spiro atoms. The third kappa shape index (κ3) is 63.3. The summed E-state index contributed by atoms with van der Waals surface area (Å²) in [6, 6.07) is 42.9. The first-order valence-electron chi connectivity index (χ1n) is 53.0. The van der Waals surface area contributed by atoms with Gasteiger partial charge in [-0.25, -0.2) is 0 Å². The maximum atomic E-state index is 6.21. The van der Waals surface area contributed by atoms with Crippen LogP contribution >= 0.6 is 0 Å². The molecule has 0 saturated heterocycles. The molecule has 5 atom stereocenters. The van der Waals surface area contributed by atoms with Crippen LogP contribution in [-0.2, 0) is 23.7 Å². The van der Waals surface area contributed by atoms with E-state index in [9.17, 15) is 0 Å². The zero-order valence-corrected chi connectivity index (χ0v) is 95.1. The third-order valence-corrected chi connectivity index (χ3v) is 26.6. The highest BCUT2D eigenvalue weighted by atomic mass is 16.5. The van der Waals surface area contributed by atoms with Crippen LogP contribution in [0.25, 0.3) is 0 Å². The predicted molar refractivity (Wildman–Crippen MR) is 579 cm³/mol. The number of methoxy groups -OCH3 is 5. The summed E-state index contributed by atoms with van der Waals surface area (Å²) in [5, 5.41) is 0. The average Bonchev–Trinajstić information content (AvgIpc) is 1.72. The molecular formula is C120H222O10. The normalized spacial score (nSPS) is 15.9.